The molecule has 2 aromatic rings. The van der Waals surface area contributed by atoms with E-state index in [1.54, 1.807) is 4.90 Å². The van der Waals surface area contributed by atoms with Gasteiger partial charge in [-0.15, -0.1) is 0 Å². The number of rotatable bonds is 3. The van der Waals surface area contributed by atoms with Crippen molar-refractivity contribution in [3.63, 3.8) is 0 Å². The Kier molecular flexibility index (Phi) is 4.22. The van der Waals surface area contributed by atoms with Crippen molar-refractivity contribution in [2.45, 2.75) is 23.7 Å². The molecule has 0 bridgehead atoms. The van der Waals surface area contributed by atoms with Gasteiger partial charge >= 0.3 is 0 Å². The van der Waals surface area contributed by atoms with Gasteiger partial charge in [-0.1, -0.05) is 0 Å². The van der Waals surface area contributed by atoms with Gasteiger partial charge in [0.15, 0.2) is 9.84 Å². The second kappa shape index (κ2) is 6.19. The number of carbonyl (C=O) groups excluding carboxylic acids is 1. The van der Waals surface area contributed by atoms with E-state index in [1.165, 1.54) is 18.3 Å². The van der Waals surface area contributed by atoms with Crippen molar-refractivity contribution in [1.82, 2.24) is 25.3 Å². The Morgan fingerprint density at radius 2 is 2.12 bits per heavy atom. The largest absolute Gasteiger partial charge is 0.337 e. The molecule has 1 saturated heterocycles. The number of aromatic amines is 2. The van der Waals surface area contributed by atoms with Gasteiger partial charge in [-0.2, -0.15) is 10.2 Å². The number of piperidine rings is 1. The molecule has 1 fully saturated rings. The smallest absolute Gasteiger partial charge is 0.274 e. The highest BCUT2D eigenvalue weighted by Gasteiger charge is 2.30. The molecule has 0 spiro atoms. The Morgan fingerprint density at radius 1 is 1.33 bits per heavy atom. The van der Waals surface area contributed by atoms with E-state index in [1.807, 2.05) is 0 Å². The van der Waals surface area contributed by atoms with Gasteiger partial charge in [0.05, 0.1) is 11.9 Å². The Bertz CT molecular complexity index is 897. The highest BCUT2D eigenvalue weighted by atomic mass is 32.2. The van der Waals surface area contributed by atoms with Crippen molar-refractivity contribution in [2.24, 2.45) is 0 Å². The monoisotopic (exact) mass is 351 g/mol. The lowest BCUT2D eigenvalue weighted by molar-refractivity contribution is 0.0698. The maximum atomic E-state index is 12.5. The number of hydrogen-bond donors (Lipinski definition) is 2. The molecule has 128 valence electrons. The van der Waals surface area contributed by atoms with Gasteiger partial charge < -0.3 is 4.90 Å². The van der Waals surface area contributed by atoms with Crippen LogP contribution >= 0.6 is 0 Å². The number of nitrogens with one attached hydrogen (secondary N) is 2. The standard InChI is InChI=1S/C14H17N5O4S/c1-24(22,23)11-7-15-18-13(11)9-3-2-6-19(8-9)14(21)10-4-5-12(20)17-16-10/h4-5,7,9H,2-3,6,8H2,1H3,(H,15,18)(H,17,20). The number of aromatic nitrogens is 4. The second-order valence-electron chi connectivity index (χ2n) is 5.82. The normalized spacial score (nSPS) is 18.5. The minimum atomic E-state index is -3.38. The second-order valence-corrected chi connectivity index (χ2v) is 7.80. The third kappa shape index (κ3) is 3.23. The first-order chi connectivity index (χ1) is 11.4. The summed E-state index contributed by atoms with van der Waals surface area (Å²) in [6, 6.07) is 2.63. The molecular formula is C14H17N5O4S. The number of sulfone groups is 1. The molecule has 3 heterocycles. The first kappa shape index (κ1) is 16.4. The zero-order valence-electron chi connectivity index (χ0n) is 13.0. The van der Waals surface area contributed by atoms with Gasteiger partial charge in [0, 0.05) is 31.3 Å². The van der Waals surface area contributed by atoms with Gasteiger partial charge in [0.1, 0.15) is 10.6 Å². The van der Waals surface area contributed by atoms with Crippen molar-refractivity contribution in [2.75, 3.05) is 19.3 Å². The van der Waals surface area contributed by atoms with Crippen molar-refractivity contribution in [1.29, 1.82) is 0 Å². The maximum absolute atomic E-state index is 12.5. The van der Waals surface area contributed by atoms with E-state index in [-0.39, 0.29) is 28.0 Å². The summed E-state index contributed by atoms with van der Waals surface area (Å²) in [6.45, 7) is 0.919. The van der Waals surface area contributed by atoms with Crippen LogP contribution < -0.4 is 5.56 Å². The van der Waals surface area contributed by atoms with Crippen LogP contribution in [0.2, 0.25) is 0 Å². The van der Waals surface area contributed by atoms with E-state index < -0.39 is 9.84 Å². The first-order valence-corrected chi connectivity index (χ1v) is 9.33. The van der Waals surface area contributed by atoms with Crippen molar-refractivity contribution >= 4 is 15.7 Å². The molecule has 1 aliphatic rings. The maximum Gasteiger partial charge on any atom is 0.274 e. The summed E-state index contributed by atoms with van der Waals surface area (Å²) >= 11 is 0. The van der Waals surface area contributed by atoms with Crippen molar-refractivity contribution in [3.8, 4) is 0 Å². The van der Waals surface area contributed by atoms with Gasteiger partial charge in [-0.3, -0.25) is 14.7 Å². The molecule has 1 atom stereocenters. The Labute approximate surface area is 138 Å². The highest BCUT2D eigenvalue weighted by molar-refractivity contribution is 7.90. The minimum Gasteiger partial charge on any atom is -0.337 e. The predicted octanol–water partition coefficient (Wildman–Crippen LogP) is -0.0837. The molecule has 2 N–H and O–H groups in total. The molecule has 0 radical (unpaired) electrons. The molecule has 0 saturated carbocycles. The summed E-state index contributed by atoms with van der Waals surface area (Å²) in [5.41, 5.74) is 0.311. The van der Waals surface area contributed by atoms with E-state index in [2.05, 4.69) is 20.4 Å². The first-order valence-electron chi connectivity index (χ1n) is 7.44. The highest BCUT2D eigenvalue weighted by Crippen LogP contribution is 2.30. The average Bonchev–Trinajstić information content (AvgIpc) is 3.05. The van der Waals surface area contributed by atoms with Crippen molar-refractivity contribution in [3.05, 3.63) is 40.1 Å². The molecule has 1 unspecified atom stereocenters. The van der Waals surface area contributed by atoms with Crippen LogP contribution in [0.5, 0.6) is 0 Å². The van der Waals surface area contributed by atoms with Crippen LogP contribution in [-0.4, -0.2) is 59.0 Å². The lowest BCUT2D eigenvalue weighted by Crippen LogP contribution is -2.40. The summed E-state index contributed by atoms with van der Waals surface area (Å²) < 4.78 is 23.7. The number of hydrogen-bond acceptors (Lipinski definition) is 6. The summed E-state index contributed by atoms with van der Waals surface area (Å²) in [4.78, 5) is 25.3. The lowest BCUT2D eigenvalue weighted by atomic mass is 9.94. The molecule has 24 heavy (non-hydrogen) atoms. The fourth-order valence-electron chi connectivity index (χ4n) is 2.90. The van der Waals surface area contributed by atoms with Crippen LogP contribution in [0.1, 0.15) is 34.9 Å². The van der Waals surface area contributed by atoms with E-state index in [4.69, 9.17) is 0 Å². The molecule has 10 heteroatoms. The van der Waals surface area contributed by atoms with Crippen LogP contribution in [-0.2, 0) is 9.84 Å². The van der Waals surface area contributed by atoms with E-state index in [9.17, 15) is 18.0 Å². The average molecular weight is 351 g/mol. The van der Waals surface area contributed by atoms with Gasteiger partial charge in [0.2, 0.25) is 0 Å². The SMILES string of the molecule is CS(=O)(=O)c1cn[nH]c1C1CCCN(C(=O)c2ccc(=O)[nH]n2)C1. The van der Waals surface area contributed by atoms with Crippen LogP contribution in [0.4, 0.5) is 0 Å². The van der Waals surface area contributed by atoms with Crippen LogP contribution in [0, 0.1) is 0 Å². The zero-order chi connectivity index (χ0) is 17.3. The number of nitrogens with zero attached hydrogens (tertiary/aromatic N) is 3. The Morgan fingerprint density at radius 3 is 2.79 bits per heavy atom. The molecule has 0 aliphatic carbocycles. The fraction of sp³-hybridized carbons (Fsp3) is 0.429. The van der Waals surface area contributed by atoms with Gasteiger partial charge in [-0.05, 0) is 18.9 Å². The molecular weight excluding hydrogens is 334 g/mol. The molecule has 2 aromatic heterocycles. The minimum absolute atomic E-state index is 0.141. The number of carbonyl (C=O) groups is 1. The van der Waals surface area contributed by atoms with E-state index in [0.29, 0.717) is 18.8 Å². The third-order valence-electron chi connectivity index (χ3n) is 4.05. The molecule has 9 nitrogen and oxygen atoms in total. The van der Waals surface area contributed by atoms with Crippen LogP contribution in [0.3, 0.4) is 0 Å². The summed E-state index contributed by atoms with van der Waals surface area (Å²) in [5, 5.41) is 12.6. The summed E-state index contributed by atoms with van der Waals surface area (Å²) in [6.07, 6.45) is 3.93. The summed E-state index contributed by atoms with van der Waals surface area (Å²) in [7, 11) is -3.38. The van der Waals surface area contributed by atoms with Crippen molar-refractivity contribution < 1.29 is 13.2 Å². The van der Waals surface area contributed by atoms with Crippen LogP contribution in [0.15, 0.2) is 28.0 Å². The van der Waals surface area contributed by atoms with Gasteiger partial charge in [0.25, 0.3) is 11.5 Å². The van der Waals surface area contributed by atoms with E-state index in [0.717, 1.165) is 19.1 Å². The molecule has 3 rings (SSSR count). The number of amides is 1. The predicted molar refractivity (Wildman–Crippen MR) is 84.4 cm³/mol. The lowest BCUT2D eigenvalue weighted by Gasteiger charge is -2.32. The third-order valence-corrected chi connectivity index (χ3v) is 5.17. The topological polar surface area (TPSA) is 129 Å². The zero-order valence-corrected chi connectivity index (χ0v) is 13.8. The van der Waals surface area contributed by atoms with E-state index >= 15 is 0 Å². The molecule has 1 amide bonds. The quantitative estimate of drug-likeness (QED) is 0.795. The fourth-order valence-corrected chi connectivity index (χ4v) is 3.75. The number of H-pyrrole nitrogens is 2. The van der Waals surface area contributed by atoms with Crippen LogP contribution in [0.25, 0.3) is 0 Å². The summed E-state index contributed by atoms with van der Waals surface area (Å²) in [5.74, 6) is -0.436. The molecule has 1 aliphatic heterocycles. The molecule has 0 aromatic carbocycles. The van der Waals surface area contributed by atoms with Gasteiger partial charge in [-0.25, -0.2) is 13.5 Å². The Hall–Kier alpha value is -2.49. The number of likely N-dealkylation sites (tertiary alicyclic amines) is 1. The Balaban J connectivity index is 1.82.